The minimum absolute atomic E-state index is 0.0793. The lowest BCUT2D eigenvalue weighted by atomic mass is 10.0. The maximum Gasteiger partial charge on any atom is 0.407 e. The standard InChI is InChI=1S/C26H33N3O7S/c1-33-21-9-11-23(12-10-21)37(2,32)29(14-6-13-27)16-25(30)24(15-20-7-4-3-5-8-20)28-26(31)36-22-17-34-19-35-18-22/h3-5,7-12,22,24-25,30H,2,6,14-19H2,1H3,(H,28,31)/t24?,25-,37?/m1/s1. The van der Waals surface area contributed by atoms with E-state index < -0.39 is 34.1 Å². The van der Waals surface area contributed by atoms with E-state index in [2.05, 4.69) is 11.2 Å². The molecule has 0 radical (unpaired) electrons. The molecule has 200 valence electrons. The van der Waals surface area contributed by atoms with Crippen molar-refractivity contribution in [2.75, 3.05) is 40.2 Å². The Labute approximate surface area is 217 Å². The Morgan fingerprint density at radius 1 is 1.24 bits per heavy atom. The lowest BCUT2D eigenvalue weighted by molar-refractivity contribution is -0.151. The second-order valence-corrected chi connectivity index (χ2v) is 10.8. The van der Waals surface area contributed by atoms with Gasteiger partial charge in [0.05, 0.1) is 48.2 Å². The summed E-state index contributed by atoms with van der Waals surface area (Å²) in [6.07, 6.45) is -2.08. The van der Waals surface area contributed by atoms with E-state index in [0.717, 1.165) is 5.56 Å². The Bertz CT molecular complexity index is 1130. The summed E-state index contributed by atoms with van der Waals surface area (Å²) in [6, 6.07) is 17.3. The molecule has 1 fully saturated rings. The van der Waals surface area contributed by atoms with Crippen LogP contribution in [0, 0.1) is 11.3 Å². The molecule has 0 bridgehead atoms. The molecule has 1 saturated heterocycles. The van der Waals surface area contributed by atoms with Crippen molar-refractivity contribution in [1.29, 1.82) is 5.26 Å². The molecule has 1 aliphatic rings. The van der Waals surface area contributed by atoms with Gasteiger partial charge in [0.15, 0.2) is 6.10 Å². The highest BCUT2D eigenvalue weighted by molar-refractivity contribution is 7.98. The summed E-state index contributed by atoms with van der Waals surface area (Å²) in [7, 11) is -1.53. The number of amides is 1. The van der Waals surface area contributed by atoms with Gasteiger partial charge in [-0.2, -0.15) is 5.26 Å². The lowest BCUT2D eigenvalue weighted by Crippen LogP contribution is -2.51. The van der Waals surface area contributed by atoms with Crippen LogP contribution in [-0.4, -0.2) is 84.0 Å². The van der Waals surface area contributed by atoms with Gasteiger partial charge in [-0.15, -0.1) is 0 Å². The van der Waals surface area contributed by atoms with Crippen molar-refractivity contribution in [1.82, 2.24) is 9.62 Å². The zero-order valence-electron chi connectivity index (χ0n) is 20.8. The van der Waals surface area contributed by atoms with Crippen LogP contribution in [0.15, 0.2) is 59.5 Å². The highest BCUT2D eigenvalue weighted by atomic mass is 32.2. The van der Waals surface area contributed by atoms with Gasteiger partial charge in [0.25, 0.3) is 0 Å². The number of nitriles is 1. The highest BCUT2D eigenvalue weighted by Gasteiger charge is 2.29. The van der Waals surface area contributed by atoms with Crippen LogP contribution in [0.2, 0.25) is 0 Å². The van der Waals surface area contributed by atoms with E-state index in [4.69, 9.17) is 24.2 Å². The van der Waals surface area contributed by atoms with Crippen molar-refractivity contribution in [2.24, 2.45) is 0 Å². The summed E-state index contributed by atoms with van der Waals surface area (Å²) in [5, 5.41) is 23.2. The summed E-state index contributed by atoms with van der Waals surface area (Å²) < 4.78 is 36.2. The molecule has 3 atom stereocenters. The van der Waals surface area contributed by atoms with Gasteiger partial charge >= 0.3 is 6.09 Å². The van der Waals surface area contributed by atoms with Gasteiger partial charge in [-0.05, 0) is 42.1 Å². The van der Waals surface area contributed by atoms with Crippen molar-refractivity contribution in [2.45, 2.75) is 36.0 Å². The second-order valence-electron chi connectivity index (χ2n) is 8.51. The molecule has 2 N–H and O–H groups in total. The van der Waals surface area contributed by atoms with Crippen LogP contribution in [0.4, 0.5) is 4.79 Å². The van der Waals surface area contributed by atoms with Crippen LogP contribution >= 0.6 is 0 Å². The number of aliphatic hydroxyl groups excluding tert-OH is 1. The Morgan fingerprint density at radius 2 is 1.92 bits per heavy atom. The van der Waals surface area contributed by atoms with Crippen LogP contribution in [0.25, 0.3) is 0 Å². The molecule has 2 unspecified atom stereocenters. The SMILES string of the molecule is C=S(=O)(c1ccc(OC)cc1)N(CCC#N)C[C@@H](O)C(Cc1ccccc1)NC(=O)OC1COCOC1. The van der Waals surface area contributed by atoms with E-state index in [1.165, 1.54) is 11.4 Å². The monoisotopic (exact) mass is 531 g/mol. The molecule has 2 aromatic carbocycles. The van der Waals surface area contributed by atoms with Gasteiger partial charge in [-0.3, -0.25) is 0 Å². The number of hydrogen-bond donors (Lipinski definition) is 2. The zero-order chi connectivity index (χ0) is 26.7. The molecule has 0 aliphatic carbocycles. The molecule has 1 heterocycles. The van der Waals surface area contributed by atoms with Crippen molar-refractivity contribution in [3.8, 4) is 11.8 Å². The first-order valence-electron chi connectivity index (χ1n) is 11.8. The quantitative estimate of drug-likeness (QED) is 0.398. The second kappa shape index (κ2) is 14.0. The number of methoxy groups -OCH3 is 1. The molecule has 0 saturated carbocycles. The molecule has 3 rings (SSSR count). The van der Waals surface area contributed by atoms with Crippen LogP contribution in [0.3, 0.4) is 0 Å². The number of nitrogens with zero attached hydrogens (tertiary/aromatic N) is 2. The van der Waals surface area contributed by atoms with E-state index >= 15 is 0 Å². The summed E-state index contributed by atoms with van der Waals surface area (Å²) in [6.45, 7) is 0.581. The van der Waals surface area contributed by atoms with Gasteiger partial charge in [0.1, 0.15) is 12.5 Å². The normalized spacial score (nSPS) is 17.2. The average molecular weight is 532 g/mol. The number of benzene rings is 2. The topological polar surface area (TPSA) is 130 Å². The lowest BCUT2D eigenvalue weighted by Gasteiger charge is -2.32. The predicted octanol–water partition coefficient (Wildman–Crippen LogP) is 1.97. The van der Waals surface area contributed by atoms with Crippen LogP contribution in [0.1, 0.15) is 12.0 Å². The Hall–Kier alpha value is -3.14. The maximum absolute atomic E-state index is 13.8. The largest absolute Gasteiger partial charge is 0.497 e. The molecular formula is C26H33N3O7S. The number of alkyl carbamates (subject to hydrolysis) is 1. The summed E-state index contributed by atoms with van der Waals surface area (Å²) in [5.74, 6) is 4.54. The summed E-state index contributed by atoms with van der Waals surface area (Å²) in [4.78, 5) is 13.1. The average Bonchev–Trinajstić information content (AvgIpc) is 2.91. The molecule has 0 aromatic heterocycles. The van der Waals surface area contributed by atoms with E-state index in [0.29, 0.717) is 17.1 Å². The van der Waals surface area contributed by atoms with Gasteiger partial charge in [0, 0.05) is 24.4 Å². The number of aliphatic hydroxyl groups is 1. The van der Waals surface area contributed by atoms with Crippen molar-refractivity contribution < 1.29 is 33.1 Å². The Kier molecular flexibility index (Phi) is 10.7. The van der Waals surface area contributed by atoms with Gasteiger partial charge in [0.2, 0.25) is 0 Å². The Balaban J connectivity index is 1.78. The van der Waals surface area contributed by atoms with Crippen LogP contribution in [-0.2, 0) is 30.3 Å². The highest BCUT2D eigenvalue weighted by Crippen LogP contribution is 2.21. The predicted molar refractivity (Wildman–Crippen MR) is 138 cm³/mol. The Morgan fingerprint density at radius 3 is 2.54 bits per heavy atom. The van der Waals surface area contributed by atoms with Crippen molar-refractivity contribution in [3.63, 3.8) is 0 Å². The van der Waals surface area contributed by atoms with Crippen molar-refractivity contribution >= 4 is 21.7 Å². The summed E-state index contributed by atoms with van der Waals surface area (Å²) in [5.41, 5.74) is 0.880. The molecule has 1 aliphatic heterocycles. The molecule has 37 heavy (non-hydrogen) atoms. The van der Waals surface area contributed by atoms with Crippen LogP contribution < -0.4 is 10.1 Å². The zero-order valence-corrected chi connectivity index (χ0v) is 21.6. The first kappa shape index (κ1) is 28.4. The van der Waals surface area contributed by atoms with E-state index in [-0.39, 0.29) is 39.5 Å². The van der Waals surface area contributed by atoms with Gasteiger partial charge in [-0.25, -0.2) is 13.3 Å². The molecule has 1 amide bonds. The third-order valence-electron chi connectivity index (χ3n) is 5.82. The van der Waals surface area contributed by atoms with Gasteiger partial charge < -0.3 is 29.4 Å². The first-order valence-corrected chi connectivity index (χ1v) is 13.5. The van der Waals surface area contributed by atoms with E-state index in [9.17, 15) is 14.1 Å². The minimum Gasteiger partial charge on any atom is -0.497 e. The number of nitrogens with one attached hydrogen (secondary N) is 1. The number of ether oxygens (including phenoxy) is 4. The minimum atomic E-state index is -3.06. The molecule has 11 heteroatoms. The fraction of sp³-hybridized carbons (Fsp3) is 0.423. The molecule has 10 nitrogen and oxygen atoms in total. The van der Waals surface area contributed by atoms with Crippen molar-refractivity contribution in [3.05, 3.63) is 60.2 Å². The maximum atomic E-state index is 13.8. The van der Waals surface area contributed by atoms with Gasteiger partial charge in [-0.1, -0.05) is 30.3 Å². The molecule has 0 spiro atoms. The fourth-order valence-electron chi connectivity index (χ4n) is 3.83. The van der Waals surface area contributed by atoms with Crippen LogP contribution in [0.5, 0.6) is 5.75 Å². The van der Waals surface area contributed by atoms with E-state index in [1.807, 2.05) is 36.4 Å². The van der Waals surface area contributed by atoms with E-state index in [1.54, 1.807) is 24.3 Å². The number of hydrogen-bond acceptors (Lipinski definition) is 8. The molecular weight excluding hydrogens is 498 g/mol. The molecule has 2 aromatic rings. The number of carbonyl (C=O) groups excluding carboxylic acids is 1. The smallest absolute Gasteiger partial charge is 0.407 e. The third kappa shape index (κ3) is 8.45. The number of carbonyl (C=O) groups is 1. The summed E-state index contributed by atoms with van der Waals surface area (Å²) >= 11 is 0. The fourth-order valence-corrected chi connectivity index (χ4v) is 5.47. The number of rotatable bonds is 12. The third-order valence-corrected chi connectivity index (χ3v) is 8.00. The first-order chi connectivity index (χ1) is 17.8.